The van der Waals surface area contributed by atoms with E-state index in [9.17, 15) is 4.79 Å². The number of aryl methyl sites for hydroxylation is 1. The molecular formula is C17H19NO2. The molecule has 1 aliphatic heterocycles. The molecule has 0 aromatic heterocycles. The molecule has 1 heterocycles. The summed E-state index contributed by atoms with van der Waals surface area (Å²) in [6.07, 6.45) is -0.250. The molecule has 1 atom stereocenters. The normalized spacial score (nSPS) is 15.9. The molecule has 0 saturated carbocycles. The molecule has 0 amide bonds. The van der Waals surface area contributed by atoms with Gasteiger partial charge in [-0.25, -0.2) is 4.79 Å². The maximum atomic E-state index is 11.7. The van der Waals surface area contributed by atoms with Gasteiger partial charge in [-0.05, 0) is 38.2 Å². The number of rotatable bonds is 1. The summed E-state index contributed by atoms with van der Waals surface area (Å²) < 4.78 is 5.46. The highest BCUT2D eigenvalue weighted by atomic mass is 16.5. The topological polar surface area (TPSA) is 38.3 Å². The average molecular weight is 269 g/mol. The SMILES string of the molecule is CNC.Cc1ccccc1C1OC(=O)c2ccccc21. The molecule has 104 valence electrons. The first-order chi connectivity index (χ1) is 9.69. The largest absolute Gasteiger partial charge is 0.449 e. The number of ether oxygens (including phenoxy) is 1. The first-order valence-corrected chi connectivity index (χ1v) is 6.63. The summed E-state index contributed by atoms with van der Waals surface area (Å²) in [6.45, 7) is 2.03. The van der Waals surface area contributed by atoms with Gasteiger partial charge in [0.25, 0.3) is 0 Å². The molecule has 0 spiro atoms. The Balaban J connectivity index is 0.000000452. The van der Waals surface area contributed by atoms with Crippen molar-refractivity contribution in [3.05, 3.63) is 70.8 Å². The smallest absolute Gasteiger partial charge is 0.339 e. The number of carbonyl (C=O) groups is 1. The highest BCUT2D eigenvalue weighted by molar-refractivity contribution is 5.94. The third kappa shape index (κ3) is 2.73. The number of esters is 1. The van der Waals surface area contributed by atoms with E-state index in [1.807, 2.05) is 69.6 Å². The van der Waals surface area contributed by atoms with Crippen LogP contribution in [0.1, 0.15) is 33.2 Å². The summed E-state index contributed by atoms with van der Waals surface area (Å²) in [5, 5.41) is 2.75. The van der Waals surface area contributed by atoms with Gasteiger partial charge in [0.05, 0.1) is 5.56 Å². The van der Waals surface area contributed by atoms with Crippen LogP contribution in [-0.2, 0) is 4.74 Å². The highest BCUT2D eigenvalue weighted by Crippen LogP contribution is 2.36. The second kappa shape index (κ2) is 6.35. The summed E-state index contributed by atoms with van der Waals surface area (Å²) in [5.41, 5.74) is 3.85. The molecule has 1 N–H and O–H groups in total. The molecule has 0 bridgehead atoms. The number of nitrogens with one attached hydrogen (secondary N) is 1. The lowest BCUT2D eigenvalue weighted by Gasteiger charge is -2.13. The zero-order valence-corrected chi connectivity index (χ0v) is 12.0. The fourth-order valence-corrected chi connectivity index (χ4v) is 2.26. The summed E-state index contributed by atoms with van der Waals surface area (Å²) >= 11 is 0. The van der Waals surface area contributed by atoms with Crippen molar-refractivity contribution < 1.29 is 9.53 Å². The van der Waals surface area contributed by atoms with Gasteiger partial charge in [0.2, 0.25) is 0 Å². The predicted octanol–water partition coefficient (Wildman–Crippen LogP) is 3.09. The van der Waals surface area contributed by atoms with E-state index in [4.69, 9.17) is 4.74 Å². The zero-order chi connectivity index (χ0) is 14.5. The standard InChI is InChI=1S/C15H12O2.C2H7N/c1-10-6-2-3-7-11(10)14-12-8-4-5-9-13(12)15(16)17-14;1-3-2/h2-9,14H,1H3;3H,1-2H3. The van der Waals surface area contributed by atoms with Gasteiger partial charge in [-0.2, -0.15) is 0 Å². The molecule has 2 aromatic carbocycles. The van der Waals surface area contributed by atoms with Gasteiger partial charge < -0.3 is 10.1 Å². The number of cyclic esters (lactones) is 1. The van der Waals surface area contributed by atoms with Crippen LogP contribution < -0.4 is 5.32 Å². The van der Waals surface area contributed by atoms with Gasteiger partial charge in [-0.3, -0.25) is 0 Å². The summed E-state index contributed by atoms with van der Waals surface area (Å²) in [5.74, 6) is -0.228. The van der Waals surface area contributed by atoms with Crippen molar-refractivity contribution in [3.8, 4) is 0 Å². The van der Waals surface area contributed by atoms with Crippen LogP contribution >= 0.6 is 0 Å². The van der Waals surface area contributed by atoms with E-state index in [2.05, 4.69) is 5.32 Å². The third-order valence-corrected chi connectivity index (χ3v) is 3.16. The Morgan fingerprint density at radius 1 is 0.950 bits per heavy atom. The molecule has 0 aliphatic carbocycles. The first kappa shape index (κ1) is 14.3. The van der Waals surface area contributed by atoms with Gasteiger partial charge in [0, 0.05) is 5.56 Å². The van der Waals surface area contributed by atoms with E-state index in [0.29, 0.717) is 5.56 Å². The maximum absolute atomic E-state index is 11.7. The zero-order valence-electron chi connectivity index (χ0n) is 12.0. The summed E-state index contributed by atoms with van der Waals surface area (Å²) in [4.78, 5) is 11.7. The van der Waals surface area contributed by atoms with Crippen LogP contribution in [0.2, 0.25) is 0 Å². The molecule has 0 radical (unpaired) electrons. The molecule has 0 saturated heterocycles. The number of hydrogen-bond donors (Lipinski definition) is 1. The van der Waals surface area contributed by atoms with Crippen LogP contribution in [0.25, 0.3) is 0 Å². The Labute approximate surface area is 119 Å². The Kier molecular flexibility index (Phi) is 4.53. The quantitative estimate of drug-likeness (QED) is 0.808. The van der Waals surface area contributed by atoms with E-state index in [0.717, 1.165) is 16.7 Å². The van der Waals surface area contributed by atoms with E-state index in [1.54, 1.807) is 0 Å². The van der Waals surface area contributed by atoms with Crippen LogP contribution in [0.3, 0.4) is 0 Å². The van der Waals surface area contributed by atoms with Gasteiger partial charge in [0.1, 0.15) is 0 Å². The minimum atomic E-state index is -0.250. The van der Waals surface area contributed by atoms with Crippen LogP contribution in [0, 0.1) is 6.92 Å². The monoisotopic (exact) mass is 269 g/mol. The van der Waals surface area contributed by atoms with Gasteiger partial charge in [-0.15, -0.1) is 0 Å². The van der Waals surface area contributed by atoms with E-state index in [-0.39, 0.29) is 12.1 Å². The number of fused-ring (bicyclic) bond motifs is 1. The lowest BCUT2D eigenvalue weighted by molar-refractivity contribution is 0.0455. The molecule has 20 heavy (non-hydrogen) atoms. The molecule has 2 aromatic rings. The second-order valence-corrected chi connectivity index (χ2v) is 4.73. The van der Waals surface area contributed by atoms with Crippen LogP contribution in [-0.4, -0.2) is 20.1 Å². The average Bonchev–Trinajstić information content (AvgIpc) is 2.78. The number of carbonyl (C=O) groups excluding carboxylic acids is 1. The molecule has 3 heteroatoms. The molecule has 1 aliphatic rings. The fraction of sp³-hybridized carbons (Fsp3) is 0.235. The van der Waals surface area contributed by atoms with Crippen molar-refractivity contribution in [1.29, 1.82) is 0 Å². The van der Waals surface area contributed by atoms with Gasteiger partial charge in [0.15, 0.2) is 6.10 Å². The lowest BCUT2D eigenvalue weighted by atomic mass is 9.96. The lowest BCUT2D eigenvalue weighted by Crippen LogP contribution is -2.02. The van der Waals surface area contributed by atoms with Crippen molar-refractivity contribution in [2.24, 2.45) is 0 Å². The van der Waals surface area contributed by atoms with Crippen molar-refractivity contribution >= 4 is 5.97 Å². The Morgan fingerprint density at radius 3 is 2.15 bits per heavy atom. The van der Waals surface area contributed by atoms with Crippen LogP contribution in [0.4, 0.5) is 0 Å². The predicted molar refractivity (Wildman–Crippen MR) is 79.9 cm³/mol. The number of hydrogen-bond acceptors (Lipinski definition) is 3. The number of benzene rings is 2. The third-order valence-electron chi connectivity index (χ3n) is 3.16. The second-order valence-electron chi connectivity index (χ2n) is 4.73. The highest BCUT2D eigenvalue weighted by Gasteiger charge is 2.32. The summed E-state index contributed by atoms with van der Waals surface area (Å²) in [7, 11) is 3.75. The minimum Gasteiger partial charge on any atom is -0.449 e. The molecular weight excluding hydrogens is 250 g/mol. The molecule has 3 nitrogen and oxygen atoms in total. The molecule has 3 rings (SSSR count). The van der Waals surface area contributed by atoms with Crippen molar-refractivity contribution in [1.82, 2.24) is 5.32 Å². The Hall–Kier alpha value is -2.13. The molecule has 1 unspecified atom stereocenters. The first-order valence-electron chi connectivity index (χ1n) is 6.63. The maximum Gasteiger partial charge on any atom is 0.339 e. The van der Waals surface area contributed by atoms with E-state index in [1.165, 1.54) is 0 Å². The molecule has 0 fully saturated rings. The van der Waals surface area contributed by atoms with E-state index < -0.39 is 0 Å². The van der Waals surface area contributed by atoms with Gasteiger partial charge >= 0.3 is 5.97 Å². The van der Waals surface area contributed by atoms with Crippen molar-refractivity contribution in [3.63, 3.8) is 0 Å². The van der Waals surface area contributed by atoms with E-state index >= 15 is 0 Å². The summed E-state index contributed by atoms with van der Waals surface area (Å²) in [6, 6.07) is 15.6. The van der Waals surface area contributed by atoms with Crippen molar-refractivity contribution in [2.45, 2.75) is 13.0 Å². The van der Waals surface area contributed by atoms with Gasteiger partial charge in [-0.1, -0.05) is 42.5 Å². The Bertz CT molecular complexity index is 607. The van der Waals surface area contributed by atoms with Crippen LogP contribution in [0.5, 0.6) is 0 Å². The Morgan fingerprint density at radius 2 is 1.50 bits per heavy atom. The van der Waals surface area contributed by atoms with Crippen molar-refractivity contribution in [2.75, 3.05) is 14.1 Å². The minimum absolute atomic E-state index is 0.228. The van der Waals surface area contributed by atoms with Crippen LogP contribution in [0.15, 0.2) is 48.5 Å². The fourth-order valence-electron chi connectivity index (χ4n) is 2.26.